The Hall–Kier alpha value is -2.08. The van der Waals surface area contributed by atoms with E-state index in [-0.39, 0.29) is 19.0 Å². The number of hydrogen-bond donors (Lipinski definition) is 1. The van der Waals surface area contributed by atoms with Crippen LogP contribution in [0.3, 0.4) is 0 Å². The lowest BCUT2D eigenvalue weighted by molar-refractivity contribution is -0.153. The highest BCUT2D eigenvalue weighted by atomic mass is 16.6. The van der Waals surface area contributed by atoms with Crippen molar-refractivity contribution >= 4 is 17.6 Å². The molecule has 21 heavy (non-hydrogen) atoms. The third kappa shape index (κ3) is 5.43. The number of rotatable bonds is 5. The molecule has 1 aromatic rings. The molecule has 1 amide bonds. The van der Waals surface area contributed by atoms with Crippen LogP contribution in [0.4, 0.5) is 5.69 Å². The van der Waals surface area contributed by atoms with Crippen molar-refractivity contribution in [1.82, 2.24) is 0 Å². The van der Waals surface area contributed by atoms with Crippen LogP contribution in [0.2, 0.25) is 0 Å². The predicted molar refractivity (Wildman–Crippen MR) is 80.2 cm³/mol. The summed E-state index contributed by atoms with van der Waals surface area (Å²) < 4.78 is 10.4. The van der Waals surface area contributed by atoms with Crippen molar-refractivity contribution in [3.8, 4) is 5.75 Å². The first-order valence-electron chi connectivity index (χ1n) is 6.63. The molecule has 6 heteroatoms. The van der Waals surface area contributed by atoms with Crippen molar-refractivity contribution in [3.63, 3.8) is 0 Å². The molecule has 0 saturated heterocycles. The molecule has 0 atom stereocenters. The number of carbonyl (C=O) groups is 2. The Morgan fingerprint density at radius 3 is 2.48 bits per heavy atom. The molecule has 0 unspecified atom stereocenters. The Kier molecular flexibility index (Phi) is 5.72. The van der Waals surface area contributed by atoms with Crippen LogP contribution in [0.25, 0.3) is 0 Å². The standard InChI is InChI=1S/C15H22N2O4/c1-15(2,3)21-14(19)10-17(13(18)9-16)11-6-5-7-12(8-11)20-4/h5-8H,9-10,16H2,1-4H3. The van der Waals surface area contributed by atoms with Crippen LogP contribution in [0.5, 0.6) is 5.75 Å². The van der Waals surface area contributed by atoms with Gasteiger partial charge in [0, 0.05) is 11.8 Å². The van der Waals surface area contributed by atoms with Gasteiger partial charge in [-0.25, -0.2) is 0 Å². The first kappa shape index (κ1) is 17.0. The molecule has 0 aliphatic carbocycles. The van der Waals surface area contributed by atoms with Gasteiger partial charge in [0.1, 0.15) is 17.9 Å². The minimum absolute atomic E-state index is 0.194. The number of anilines is 1. The van der Waals surface area contributed by atoms with Gasteiger partial charge in [0.15, 0.2) is 0 Å². The normalized spacial score (nSPS) is 10.9. The molecule has 0 aromatic heterocycles. The Labute approximate surface area is 124 Å². The lowest BCUT2D eigenvalue weighted by atomic mass is 10.2. The van der Waals surface area contributed by atoms with Crippen LogP contribution in [0, 0.1) is 0 Å². The molecule has 2 N–H and O–H groups in total. The van der Waals surface area contributed by atoms with E-state index in [1.54, 1.807) is 45.0 Å². The molecule has 0 spiro atoms. The number of methoxy groups -OCH3 is 1. The van der Waals surface area contributed by atoms with Gasteiger partial charge in [0.05, 0.1) is 13.7 Å². The number of nitrogens with two attached hydrogens (primary N) is 1. The molecular formula is C15H22N2O4. The maximum Gasteiger partial charge on any atom is 0.326 e. The number of benzene rings is 1. The average Bonchev–Trinajstić information content (AvgIpc) is 2.42. The Balaban J connectivity index is 2.95. The second kappa shape index (κ2) is 7.08. The fourth-order valence-corrected chi connectivity index (χ4v) is 1.71. The largest absolute Gasteiger partial charge is 0.497 e. The third-order valence-electron chi connectivity index (χ3n) is 2.55. The predicted octanol–water partition coefficient (Wildman–Crippen LogP) is 1.33. The molecule has 0 fully saturated rings. The van der Waals surface area contributed by atoms with E-state index in [2.05, 4.69) is 0 Å². The molecule has 0 saturated carbocycles. The van der Waals surface area contributed by atoms with Crippen LogP contribution in [0.1, 0.15) is 20.8 Å². The molecule has 1 rings (SSSR count). The lowest BCUT2D eigenvalue weighted by Crippen LogP contribution is -2.41. The summed E-state index contributed by atoms with van der Waals surface area (Å²) in [4.78, 5) is 25.2. The first-order valence-corrected chi connectivity index (χ1v) is 6.63. The summed E-state index contributed by atoms with van der Waals surface area (Å²) in [6.45, 7) is 4.92. The first-order chi connectivity index (χ1) is 9.76. The number of hydrogen-bond acceptors (Lipinski definition) is 5. The summed E-state index contributed by atoms with van der Waals surface area (Å²) in [5, 5.41) is 0. The third-order valence-corrected chi connectivity index (χ3v) is 2.55. The van der Waals surface area contributed by atoms with E-state index in [1.165, 1.54) is 12.0 Å². The van der Waals surface area contributed by atoms with Crippen molar-refractivity contribution in [1.29, 1.82) is 0 Å². The van der Waals surface area contributed by atoms with Crippen molar-refractivity contribution in [2.24, 2.45) is 5.73 Å². The van der Waals surface area contributed by atoms with Crippen LogP contribution >= 0.6 is 0 Å². The van der Waals surface area contributed by atoms with Crippen LogP contribution in [-0.4, -0.2) is 37.7 Å². The van der Waals surface area contributed by atoms with Gasteiger partial charge in [-0.15, -0.1) is 0 Å². The van der Waals surface area contributed by atoms with E-state index in [4.69, 9.17) is 15.2 Å². The minimum Gasteiger partial charge on any atom is -0.497 e. The SMILES string of the molecule is COc1cccc(N(CC(=O)OC(C)(C)C)C(=O)CN)c1. The monoisotopic (exact) mass is 294 g/mol. The van der Waals surface area contributed by atoms with E-state index in [0.717, 1.165) is 0 Å². The summed E-state index contributed by atoms with van der Waals surface area (Å²) in [7, 11) is 1.53. The van der Waals surface area contributed by atoms with Gasteiger partial charge in [-0.05, 0) is 32.9 Å². The fraction of sp³-hybridized carbons (Fsp3) is 0.467. The number of nitrogens with zero attached hydrogens (tertiary/aromatic N) is 1. The summed E-state index contributed by atoms with van der Waals surface area (Å²) in [6, 6.07) is 6.86. The zero-order valence-corrected chi connectivity index (χ0v) is 12.9. The van der Waals surface area contributed by atoms with Gasteiger partial charge in [-0.2, -0.15) is 0 Å². The van der Waals surface area contributed by atoms with Crippen molar-refractivity contribution in [2.45, 2.75) is 26.4 Å². The second-order valence-corrected chi connectivity index (χ2v) is 5.47. The number of ether oxygens (including phenoxy) is 2. The highest BCUT2D eigenvalue weighted by Crippen LogP contribution is 2.21. The van der Waals surface area contributed by atoms with Crippen LogP contribution in [-0.2, 0) is 14.3 Å². The summed E-state index contributed by atoms with van der Waals surface area (Å²) in [6.07, 6.45) is 0. The zero-order chi connectivity index (χ0) is 16.0. The fourth-order valence-electron chi connectivity index (χ4n) is 1.71. The smallest absolute Gasteiger partial charge is 0.326 e. The highest BCUT2D eigenvalue weighted by molar-refractivity contribution is 5.98. The Bertz CT molecular complexity index is 509. The molecular weight excluding hydrogens is 272 g/mol. The van der Waals surface area contributed by atoms with E-state index < -0.39 is 11.6 Å². The van der Waals surface area contributed by atoms with Gasteiger partial charge >= 0.3 is 5.97 Å². The Morgan fingerprint density at radius 1 is 1.29 bits per heavy atom. The summed E-state index contributed by atoms with van der Waals surface area (Å²) in [5.41, 5.74) is 5.34. The van der Waals surface area contributed by atoms with Gasteiger partial charge in [-0.1, -0.05) is 6.07 Å². The number of carbonyl (C=O) groups excluding carboxylic acids is 2. The average molecular weight is 294 g/mol. The molecule has 0 aliphatic heterocycles. The van der Waals surface area contributed by atoms with Gasteiger partial charge in [-0.3, -0.25) is 14.5 Å². The minimum atomic E-state index is -0.608. The molecule has 6 nitrogen and oxygen atoms in total. The van der Waals surface area contributed by atoms with E-state index in [0.29, 0.717) is 11.4 Å². The van der Waals surface area contributed by atoms with Crippen LogP contribution < -0.4 is 15.4 Å². The van der Waals surface area contributed by atoms with E-state index in [1.807, 2.05) is 0 Å². The van der Waals surface area contributed by atoms with Crippen molar-refractivity contribution in [3.05, 3.63) is 24.3 Å². The zero-order valence-electron chi connectivity index (χ0n) is 12.9. The van der Waals surface area contributed by atoms with E-state index >= 15 is 0 Å². The van der Waals surface area contributed by atoms with Crippen molar-refractivity contribution < 1.29 is 19.1 Å². The molecule has 1 aromatic carbocycles. The van der Waals surface area contributed by atoms with Gasteiger partial charge in [0.2, 0.25) is 5.91 Å². The molecule has 116 valence electrons. The highest BCUT2D eigenvalue weighted by Gasteiger charge is 2.22. The summed E-state index contributed by atoms with van der Waals surface area (Å²) >= 11 is 0. The maximum absolute atomic E-state index is 12.0. The quantitative estimate of drug-likeness (QED) is 0.828. The molecule has 0 aliphatic rings. The molecule has 0 bridgehead atoms. The molecule has 0 heterocycles. The Morgan fingerprint density at radius 2 is 1.95 bits per heavy atom. The number of amides is 1. The maximum atomic E-state index is 12.0. The van der Waals surface area contributed by atoms with Gasteiger partial charge < -0.3 is 15.2 Å². The molecule has 0 radical (unpaired) electrons. The number of esters is 1. The van der Waals surface area contributed by atoms with Gasteiger partial charge in [0.25, 0.3) is 0 Å². The summed E-state index contributed by atoms with van der Waals surface area (Å²) in [5.74, 6) is -0.271. The van der Waals surface area contributed by atoms with Crippen LogP contribution in [0.15, 0.2) is 24.3 Å². The topological polar surface area (TPSA) is 81.9 Å². The van der Waals surface area contributed by atoms with Crippen molar-refractivity contribution in [2.75, 3.05) is 25.1 Å². The second-order valence-electron chi connectivity index (χ2n) is 5.47. The lowest BCUT2D eigenvalue weighted by Gasteiger charge is -2.25. The van der Waals surface area contributed by atoms with E-state index in [9.17, 15) is 9.59 Å².